The van der Waals surface area contributed by atoms with E-state index in [-0.39, 0.29) is 35.6 Å². The Hall–Kier alpha value is -1.56. The Morgan fingerprint density at radius 3 is 2.28 bits per heavy atom. The van der Waals surface area contributed by atoms with E-state index in [1.807, 2.05) is 31.2 Å². The molecule has 0 amide bonds. The largest absolute Gasteiger partial charge is 0.373 e. The third-order valence-electron chi connectivity index (χ3n) is 5.70. The van der Waals surface area contributed by atoms with Crippen LogP contribution >= 0.6 is 22.9 Å². The Bertz CT molecular complexity index is 863. The molecular formula is C19H16ClNO3S. The molecule has 4 nitrogen and oxygen atoms in total. The number of aryl methyl sites for hydroxylation is 1. The van der Waals surface area contributed by atoms with Gasteiger partial charge in [0.05, 0.1) is 29.7 Å². The van der Waals surface area contributed by atoms with Crippen LogP contribution in [0.1, 0.15) is 29.3 Å². The van der Waals surface area contributed by atoms with Crippen LogP contribution in [0.4, 0.5) is 0 Å². The number of hydrogen-bond acceptors (Lipinski definition) is 5. The number of carbonyl (C=O) groups is 2. The van der Waals surface area contributed by atoms with E-state index < -0.39 is 5.92 Å². The lowest BCUT2D eigenvalue weighted by atomic mass is 9.81. The lowest BCUT2D eigenvalue weighted by molar-refractivity contribution is -0.127. The second kappa shape index (κ2) is 5.47. The highest BCUT2D eigenvalue weighted by atomic mass is 35.5. The number of fused-ring (bicyclic) bond motifs is 5. The molecule has 1 aliphatic carbocycles. The van der Waals surface area contributed by atoms with Gasteiger partial charge in [0.2, 0.25) is 0 Å². The molecule has 2 aromatic rings. The van der Waals surface area contributed by atoms with Crippen LogP contribution in [-0.2, 0) is 14.3 Å². The van der Waals surface area contributed by atoms with Gasteiger partial charge in [-0.15, -0.1) is 11.3 Å². The maximum atomic E-state index is 13.0. The maximum absolute atomic E-state index is 13.0. The Kier molecular flexibility index (Phi) is 3.43. The van der Waals surface area contributed by atoms with Gasteiger partial charge in [-0.2, -0.15) is 0 Å². The fourth-order valence-corrected chi connectivity index (χ4v) is 5.67. The van der Waals surface area contributed by atoms with Crippen molar-refractivity contribution >= 4 is 34.5 Å². The summed E-state index contributed by atoms with van der Waals surface area (Å²) in [5, 5.41) is 1.49. The number of ketones is 2. The summed E-state index contributed by atoms with van der Waals surface area (Å²) in [7, 11) is 0. The van der Waals surface area contributed by atoms with Gasteiger partial charge in [-0.25, -0.2) is 4.98 Å². The zero-order chi connectivity index (χ0) is 17.3. The monoisotopic (exact) mass is 373 g/mol. The summed E-state index contributed by atoms with van der Waals surface area (Å²) in [5.74, 6) is -1.19. The first-order chi connectivity index (χ1) is 12.0. The molecule has 6 heteroatoms. The van der Waals surface area contributed by atoms with E-state index in [2.05, 4.69) is 4.98 Å². The number of rotatable bonds is 2. The standard InChI is InChI=1S/C19H16ClNO3S/c1-8-16(21-19(25-8)9-2-4-10(20)5-3-9)15-17(22)13-11-6-7-12(24-11)14(13)18(15)23/h2-5,11-15H,6-7H2,1H3/t11?,12?,13-,14+,15?. The molecule has 5 rings (SSSR count). The van der Waals surface area contributed by atoms with Crippen LogP contribution in [0.2, 0.25) is 5.02 Å². The number of halogens is 1. The minimum absolute atomic E-state index is 0.0123. The number of nitrogens with zero attached hydrogens (tertiary/aromatic N) is 1. The van der Waals surface area contributed by atoms with Gasteiger partial charge in [-0.3, -0.25) is 9.59 Å². The molecule has 3 fully saturated rings. The van der Waals surface area contributed by atoms with Gasteiger partial charge in [0, 0.05) is 15.5 Å². The first kappa shape index (κ1) is 15.7. The van der Waals surface area contributed by atoms with Crippen LogP contribution in [0.15, 0.2) is 24.3 Å². The highest BCUT2D eigenvalue weighted by molar-refractivity contribution is 7.15. The van der Waals surface area contributed by atoms with Crippen LogP contribution < -0.4 is 0 Å². The number of carbonyl (C=O) groups excluding carboxylic acids is 2. The maximum Gasteiger partial charge on any atom is 0.155 e. The van der Waals surface area contributed by atoms with Gasteiger partial charge in [-0.05, 0) is 31.9 Å². The fourth-order valence-electron chi connectivity index (χ4n) is 4.59. The molecule has 3 aliphatic rings. The van der Waals surface area contributed by atoms with E-state index >= 15 is 0 Å². The third kappa shape index (κ3) is 2.19. The Labute approximate surface area is 154 Å². The second-order valence-corrected chi connectivity index (χ2v) is 8.69. The fraction of sp³-hybridized carbons (Fsp3) is 0.421. The minimum Gasteiger partial charge on any atom is -0.373 e. The highest BCUT2D eigenvalue weighted by Gasteiger charge is 2.63. The molecule has 0 spiro atoms. The van der Waals surface area contributed by atoms with E-state index in [9.17, 15) is 9.59 Å². The average molecular weight is 374 g/mol. The molecule has 0 radical (unpaired) electrons. The summed E-state index contributed by atoms with van der Waals surface area (Å²) in [6, 6.07) is 7.45. The lowest BCUT2D eigenvalue weighted by Crippen LogP contribution is -2.29. The van der Waals surface area contributed by atoms with Crippen molar-refractivity contribution in [2.75, 3.05) is 0 Å². The number of Topliss-reactive ketones (excluding diaryl/α,β-unsaturated/α-hetero) is 2. The van der Waals surface area contributed by atoms with Crippen molar-refractivity contribution < 1.29 is 14.3 Å². The minimum atomic E-state index is -0.709. The topological polar surface area (TPSA) is 56.3 Å². The van der Waals surface area contributed by atoms with E-state index in [0.717, 1.165) is 28.3 Å². The summed E-state index contributed by atoms with van der Waals surface area (Å²) >= 11 is 7.47. The van der Waals surface area contributed by atoms with Gasteiger partial charge in [-0.1, -0.05) is 23.7 Å². The molecule has 0 N–H and O–H groups in total. The predicted molar refractivity (Wildman–Crippen MR) is 94.9 cm³/mol. The number of benzene rings is 1. The molecular weight excluding hydrogens is 358 g/mol. The van der Waals surface area contributed by atoms with Crippen LogP contribution in [0, 0.1) is 18.8 Å². The van der Waals surface area contributed by atoms with E-state index in [1.54, 1.807) is 0 Å². The van der Waals surface area contributed by atoms with Crippen LogP contribution in [0.5, 0.6) is 0 Å². The lowest BCUT2D eigenvalue weighted by Gasteiger charge is -2.16. The molecule has 2 aliphatic heterocycles. The second-order valence-electron chi connectivity index (χ2n) is 7.05. The number of ether oxygens (including phenoxy) is 1. The van der Waals surface area contributed by atoms with Gasteiger partial charge in [0.25, 0.3) is 0 Å². The van der Waals surface area contributed by atoms with Crippen molar-refractivity contribution in [1.29, 1.82) is 0 Å². The molecule has 1 aromatic heterocycles. The Morgan fingerprint density at radius 1 is 1.08 bits per heavy atom. The summed E-state index contributed by atoms with van der Waals surface area (Å²) in [6.45, 7) is 1.94. The van der Waals surface area contributed by atoms with Gasteiger partial charge < -0.3 is 4.74 Å². The number of aromatic nitrogens is 1. The number of thiazole rings is 1. The summed E-state index contributed by atoms with van der Waals surface area (Å²) < 4.78 is 5.81. The quantitative estimate of drug-likeness (QED) is 0.751. The molecule has 3 heterocycles. The zero-order valence-electron chi connectivity index (χ0n) is 13.6. The SMILES string of the molecule is Cc1sc(-c2ccc(Cl)cc2)nc1C1C(=O)[C@@H]2C3CCC(O3)[C@@H]2C1=O. The van der Waals surface area contributed by atoms with Crippen molar-refractivity contribution in [3.05, 3.63) is 39.9 Å². The van der Waals surface area contributed by atoms with E-state index in [1.165, 1.54) is 11.3 Å². The van der Waals surface area contributed by atoms with Crippen LogP contribution in [0.3, 0.4) is 0 Å². The van der Waals surface area contributed by atoms with Gasteiger partial charge in [0.1, 0.15) is 10.9 Å². The first-order valence-electron chi connectivity index (χ1n) is 8.51. The first-order valence-corrected chi connectivity index (χ1v) is 9.70. The van der Waals surface area contributed by atoms with Crippen molar-refractivity contribution in [3.63, 3.8) is 0 Å². The summed E-state index contributed by atoms with van der Waals surface area (Å²) in [5.41, 5.74) is 1.59. The molecule has 3 unspecified atom stereocenters. The molecule has 1 aromatic carbocycles. The molecule has 2 bridgehead atoms. The predicted octanol–water partition coefficient (Wildman–Crippen LogP) is 3.80. The summed E-state index contributed by atoms with van der Waals surface area (Å²) in [4.78, 5) is 31.6. The Balaban J connectivity index is 1.53. The third-order valence-corrected chi connectivity index (χ3v) is 6.98. The van der Waals surface area contributed by atoms with Crippen molar-refractivity contribution in [3.8, 4) is 10.6 Å². The average Bonchev–Trinajstić information content (AvgIpc) is 3.33. The summed E-state index contributed by atoms with van der Waals surface area (Å²) in [6.07, 6.45) is 1.66. The smallest absolute Gasteiger partial charge is 0.155 e. The number of hydrogen-bond donors (Lipinski definition) is 0. The molecule has 128 valence electrons. The Morgan fingerprint density at radius 2 is 1.68 bits per heavy atom. The normalized spacial score (nSPS) is 33.3. The van der Waals surface area contributed by atoms with E-state index in [4.69, 9.17) is 16.3 Å². The molecule has 2 saturated heterocycles. The van der Waals surface area contributed by atoms with Crippen molar-refractivity contribution in [2.24, 2.45) is 11.8 Å². The zero-order valence-corrected chi connectivity index (χ0v) is 15.1. The van der Waals surface area contributed by atoms with Crippen LogP contribution in [-0.4, -0.2) is 28.8 Å². The molecule has 1 saturated carbocycles. The van der Waals surface area contributed by atoms with Crippen LogP contribution in [0.25, 0.3) is 10.6 Å². The highest BCUT2D eigenvalue weighted by Crippen LogP contribution is 2.52. The van der Waals surface area contributed by atoms with Gasteiger partial charge in [0.15, 0.2) is 11.6 Å². The van der Waals surface area contributed by atoms with Crippen molar-refractivity contribution in [1.82, 2.24) is 4.98 Å². The molecule has 5 atom stereocenters. The van der Waals surface area contributed by atoms with E-state index in [0.29, 0.717) is 10.7 Å². The van der Waals surface area contributed by atoms with Gasteiger partial charge >= 0.3 is 0 Å². The van der Waals surface area contributed by atoms with Crippen molar-refractivity contribution in [2.45, 2.75) is 37.9 Å². The molecule has 25 heavy (non-hydrogen) atoms.